The fraction of sp³-hybridized carbons (Fsp3) is 0. The molecule has 0 fully saturated rings. The van der Waals surface area contributed by atoms with E-state index in [-0.39, 0.29) is 11.5 Å². The summed E-state index contributed by atoms with van der Waals surface area (Å²) in [6.45, 7) is 0. The van der Waals surface area contributed by atoms with Crippen molar-refractivity contribution in [3.05, 3.63) is 115 Å². The molecule has 1 unspecified atom stereocenters. The van der Waals surface area contributed by atoms with E-state index in [1.165, 1.54) is 6.07 Å². The molecular weight excluding hydrogens is 462 g/mol. The number of hydrogen-bond donors (Lipinski definition) is 0. The molecule has 0 aliphatic heterocycles. The highest BCUT2D eigenvalue weighted by Crippen LogP contribution is 2.50. The monoisotopic (exact) mass is 482 g/mol. The van der Waals surface area contributed by atoms with Crippen molar-refractivity contribution >= 4 is 16.1 Å². The lowest BCUT2D eigenvalue weighted by Crippen LogP contribution is -2.07. The molecule has 0 aliphatic rings. The molecule has 1 atom stereocenters. The van der Waals surface area contributed by atoms with Gasteiger partial charge in [0, 0.05) is 6.07 Å². The number of hydrogen-bond acceptors (Lipinski definition) is 7. The molecule has 0 bridgehead atoms. The molecule has 0 saturated heterocycles. The molecule has 4 rings (SSSR count). The normalized spacial score (nSPS) is 11.8. The van der Waals surface area contributed by atoms with Gasteiger partial charge in [0.25, 0.3) is 0 Å². The number of phosphoric acid groups is 1. The zero-order chi connectivity index (χ0) is 22.9. The largest absolute Gasteiger partial charge is 0.647 e. The van der Waals surface area contributed by atoms with Crippen LogP contribution < -0.4 is 22.6 Å². The number of phosphoric ester groups is 1. The second-order valence-electron chi connectivity index (χ2n) is 6.59. The van der Waals surface area contributed by atoms with Gasteiger partial charge in [0.15, 0.2) is 0 Å². The molecule has 0 spiro atoms. The van der Waals surface area contributed by atoms with Gasteiger partial charge in [0.2, 0.25) is 0 Å². The molecule has 0 heterocycles. The van der Waals surface area contributed by atoms with Crippen LogP contribution in [0.4, 0.5) is 0 Å². The van der Waals surface area contributed by atoms with E-state index in [0.717, 1.165) is 0 Å². The average Bonchev–Trinajstić information content (AvgIpc) is 2.81. The molecule has 0 amide bonds. The lowest BCUT2D eigenvalue weighted by Gasteiger charge is -2.19. The van der Waals surface area contributed by atoms with Gasteiger partial charge in [-0.3, -0.25) is 0 Å². The highest BCUT2D eigenvalue weighted by atomic mass is 31.2. The van der Waals surface area contributed by atoms with Gasteiger partial charge in [0.1, 0.15) is 28.7 Å². The van der Waals surface area contributed by atoms with Crippen molar-refractivity contribution in [3.63, 3.8) is 0 Å². The van der Waals surface area contributed by atoms with Gasteiger partial charge in [-0.25, -0.2) is 4.57 Å². The van der Waals surface area contributed by atoms with E-state index in [1.807, 2.05) is 6.07 Å². The second-order valence-corrected chi connectivity index (χ2v) is 8.94. The first-order chi connectivity index (χ1) is 16.1. The molecule has 168 valence electrons. The minimum absolute atomic E-state index is 0.136. The summed E-state index contributed by atoms with van der Waals surface area (Å²) in [7, 11) is -7.04. The van der Waals surface area contributed by atoms with Crippen molar-refractivity contribution in [1.29, 1.82) is 0 Å². The van der Waals surface area contributed by atoms with Crippen LogP contribution in [0.2, 0.25) is 0 Å². The highest BCUT2D eigenvalue weighted by molar-refractivity contribution is 7.49. The van der Waals surface area contributed by atoms with Crippen LogP contribution in [0.1, 0.15) is 0 Å². The summed E-state index contributed by atoms with van der Waals surface area (Å²) in [5.74, 6) is 1.39. The van der Waals surface area contributed by atoms with E-state index >= 15 is 0 Å². The Morgan fingerprint density at radius 1 is 0.485 bits per heavy atom. The smallest absolute Gasteiger partial charge is 0.418 e. The van der Waals surface area contributed by atoms with Crippen LogP contribution in [0.15, 0.2) is 115 Å². The first-order valence-corrected chi connectivity index (χ1v) is 12.6. The predicted molar refractivity (Wildman–Crippen MR) is 126 cm³/mol. The Morgan fingerprint density at radius 3 is 1.42 bits per heavy atom. The minimum Gasteiger partial charge on any atom is -0.418 e. The van der Waals surface area contributed by atoms with Crippen LogP contribution in [0.5, 0.6) is 28.7 Å². The molecule has 33 heavy (non-hydrogen) atoms. The number of rotatable bonds is 10. The fourth-order valence-corrected chi connectivity index (χ4v) is 4.64. The van der Waals surface area contributed by atoms with E-state index in [2.05, 4.69) is 0 Å². The summed E-state index contributed by atoms with van der Waals surface area (Å²) in [6, 6.07) is 31.9. The van der Waals surface area contributed by atoms with Gasteiger partial charge in [-0.05, 0) is 48.5 Å². The molecule has 7 nitrogen and oxygen atoms in total. The van der Waals surface area contributed by atoms with Crippen molar-refractivity contribution in [3.8, 4) is 28.7 Å². The maximum atomic E-state index is 13.5. The summed E-state index contributed by atoms with van der Waals surface area (Å²) in [5, 5.41) is 0. The lowest BCUT2D eigenvalue weighted by atomic mass is 10.3. The van der Waals surface area contributed by atoms with Crippen molar-refractivity contribution in [2.45, 2.75) is 0 Å². The number of para-hydroxylation sites is 3. The molecule has 0 aliphatic carbocycles. The van der Waals surface area contributed by atoms with Gasteiger partial charge < -0.3 is 22.6 Å². The Hall–Kier alpha value is -3.66. The zero-order valence-electron chi connectivity index (χ0n) is 17.3. The third-order valence-electron chi connectivity index (χ3n) is 4.09. The molecule has 9 heteroatoms. The van der Waals surface area contributed by atoms with Crippen molar-refractivity contribution in [1.82, 2.24) is 0 Å². The van der Waals surface area contributed by atoms with Crippen molar-refractivity contribution in [2.75, 3.05) is 0 Å². The van der Waals surface area contributed by atoms with E-state index in [4.69, 9.17) is 22.6 Å². The summed E-state index contributed by atoms with van der Waals surface area (Å²) < 4.78 is 53.3. The van der Waals surface area contributed by atoms with Gasteiger partial charge in [-0.15, -0.1) is 0 Å². The van der Waals surface area contributed by atoms with Crippen LogP contribution in [0, 0.1) is 0 Å². The predicted octanol–water partition coefficient (Wildman–Crippen LogP) is 7.18. The first kappa shape index (κ1) is 22.5. The minimum atomic E-state index is -4.15. The summed E-state index contributed by atoms with van der Waals surface area (Å²) in [4.78, 5) is 0. The van der Waals surface area contributed by atoms with Gasteiger partial charge in [0.05, 0.1) is 0 Å². The van der Waals surface area contributed by atoms with Gasteiger partial charge in [-0.1, -0.05) is 60.7 Å². The second kappa shape index (κ2) is 10.8. The quantitative estimate of drug-likeness (QED) is 0.222. The molecule has 0 radical (unpaired) electrons. The Labute approximate surface area is 192 Å². The van der Waals surface area contributed by atoms with Gasteiger partial charge >= 0.3 is 16.1 Å². The Kier molecular flexibility index (Phi) is 7.36. The molecular formula is C24H20O7P2. The van der Waals surface area contributed by atoms with Crippen molar-refractivity contribution < 1.29 is 31.7 Å². The average molecular weight is 482 g/mol. The maximum Gasteiger partial charge on any atom is 0.647 e. The first-order valence-electron chi connectivity index (χ1n) is 9.92. The SMILES string of the molecule is O=[PH](Oc1ccccc1)Oc1cccc(OP(=O)(Oc2ccccc2)Oc2ccccc2)c1. The zero-order valence-corrected chi connectivity index (χ0v) is 19.2. The molecule has 0 N–H and O–H groups in total. The standard InChI is InChI=1S/C24H20O7P2/c25-32(27-20-11-4-1-5-12-20)28-23-17-10-18-24(19-23)31-33(26,29-21-13-6-2-7-14-21)30-22-15-8-3-9-16-22/h1-19,32H. The van der Waals surface area contributed by atoms with Crippen LogP contribution in [-0.2, 0) is 9.13 Å². The van der Waals surface area contributed by atoms with E-state index in [1.54, 1.807) is 103 Å². The molecule has 4 aromatic rings. The van der Waals surface area contributed by atoms with E-state index in [9.17, 15) is 9.13 Å². The molecule has 0 aromatic heterocycles. The summed E-state index contributed by atoms with van der Waals surface area (Å²) >= 11 is 0. The van der Waals surface area contributed by atoms with Crippen LogP contribution in [0.25, 0.3) is 0 Å². The van der Waals surface area contributed by atoms with Crippen LogP contribution in [-0.4, -0.2) is 0 Å². The Morgan fingerprint density at radius 2 is 0.879 bits per heavy atom. The van der Waals surface area contributed by atoms with E-state index < -0.39 is 16.1 Å². The third kappa shape index (κ3) is 6.91. The molecule has 0 saturated carbocycles. The van der Waals surface area contributed by atoms with Crippen LogP contribution >= 0.6 is 16.1 Å². The molecule has 4 aromatic carbocycles. The van der Waals surface area contributed by atoms with E-state index in [0.29, 0.717) is 17.2 Å². The van der Waals surface area contributed by atoms with Crippen LogP contribution in [0.3, 0.4) is 0 Å². The number of benzene rings is 4. The highest BCUT2D eigenvalue weighted by Gasteiger charge is 2.33. The third-order valence-corrected chi connectivity index (χ3v) is 6.20. The van der Waals surface area contributed by atoms with Gasteiger partial charge in [-0.2, -0.15) is 4.57 Å². The maximum absolute atomic E-state index is 13.5. The summed E-state index contributed by atoms with van der Waals surface area (Å²) in [6.07, 6.45) is 0. The Balaban J connectivity index is 1.51. The Bertz CT molecular complexity index is 1190. The topological polar surface area (TPSA) is 80.3 Å². The summed E-state index contributed by atoms with van der Waals surface area (Å²) in [5.41, 5.74) is 0. The van der Waals surface area contributed by atoms with Crippen molar-refractivity contribution in [2.24, 2.45) is 0 Å². The fourth-order valence-electron chi connectivity index (χ4n) is 2.70. The lowest BCUT2D eigenvalue weighted by molar-refractivity contribution is 0.298.